The lowest BCUT2D eigenvalue weighted by Gasteiger charge is -2.09. The van der Waals surface area contributed by atoms with E-state index in [1.54, 1.807) is 0 Å². The van der Waals surface area contributed by atoms with Crippen LogP contribution >= 0.6 is 0 Å². The Hall–Kier alpha value is -1.81. The number of alkyl halides is 2. The molecule has 100 valence electrons. The van der Waals surface area contributed by atoms with Crippen LogP contribution in [-0.4, -0.2) is 20.0 Å². The second-order valence-corrected chi connectivity index (χ2v) is 4.82. The van der Waals surface area contributed by atoms with Gasteiger partial charge < -0.3 is 4.74 Å². The molecule has 0 aromatic heterocycles. The zero-order chi connectivity index (χ0) is 14.1. The lowest BCUT2D eigenvalue weighted by molar-refractivity contribution is -0.389. The monoisotopic (exact) mass is 282 g/mol. The molecule has 0 unspecified atom stereocenters. The summed E-state index contributed by atoms with van der Waals surface area (Å²) >= 11 is 0. The van der Waals surface area contributed by atoms with Crippen molar-refractivity contribution in [3.8, 4) is 5.75 Å². The average molecular weight is 282 g/mol. The van der Waals surface area contributed by atoms with Gasteiger partial charge in [0, 0.05) is 0 Å². The predicted molar refractivity (Wildman–Crippen MR) is 55.8 cm³/mol. The molecule has 0 atom stereocenters. The maximum absolute atomic E-state index is 12.1. The summed E-state index contributed by atoms with van der Waals surface area (Å²) in [5.74, 6) is -0.848. The summed E-state index contributed by atoms with van der Waals surface area (Å²) < 4.78 is 50.5. The van der Waals surface area contributed by atoms with Crippen LogP contribution in [-0.2, 0) is 10.0 Å². The van der Waals surface area contributed by atoms with Crippen LogP contribution in [0.15, 0.2) is 17.0 Å². The number of ether oxygens (including phenoxy) is 1. The van der Waals surface area contributed by atoms with Gasteiger partial charge in [0.25, 0.3) is 0 Å². The standard InChI is InChI=1S/C8H8F2N2O5S/c1-4-2-5(17-8(9)10)7(12(13)14)6(3-4)18(11,15)16/h2-3,8H,1H3,(H2,11,15,16). The van der Waals surface area contributed by atoms with Crippen molar-refractivity contribution in [2.75, 3.05) is 0 Å². The van der Waals surface area contributed by atoms with E-state index < -0.39 is 37.9 Å². The van der Waals surface area contributed by atoms with E-state index in [-0.39, 0.29) is 5.56 Å². The number of nitro benzene ring substituents is 1. The summed E-state index contributed by atoms with van der Waals surface area (Å²) in [6.45, 7) is -1.96. The first-order valence-corrected chi connectivity index (χ1v) is 5.94. The maximum Gasteiger partial charge on any atom is 0.387 e. The van der Waals surface area contributed by atoms with Gasteiger partial charge in [-0.1, -0.05) is 0 Å². The fraction of sp³-hybridized carbons (Fsp3) is 0.250. The first-order valence-electron chi connectivity index (χ1n) is 4.39. The Labute approximate surface area is 100 Å². The molecule has 0 aliphatic carbocycles. The number of nitro groups is 1. The second-order valence-electron chi connectivity index (χ2n) is 3.29. The third kappa shape index (κ3) is 3.11. The Kier molecular flexibility index (Phi) is 3.82. The molecule has 7 nitrogen and oxygen atoms in total. The van der Waals surface area contributed by atoms with E-state index >= 15 is 0 Å². The van der Waals surface area contributed by atoms with Crippen LogP contribution in [0.25, 0.3) is 0 Å². The van der Waals surface area contributed by atoms with Crippen molar-refractivity contribution in [1.82, 2.24) is 0 Å². The third-order valence-corrected chi connectivity index (χ3v) is 2.81. The van der Waals surface area contributed by atoms with Crippen LogP contribution in [0.5, 0.6) is 5.75 Å². The van der Waals surface area contributed by atoms with Crippen LogP contribution < -0.4 is 9.88 Å². The zero-order valence-electron chi connectivity index (χ0n) is 8.96. The first kappa shape index (κ1) is 14.3. The van der Waals surface area contributed by atoms with Gasteiger partial charge in [0.1, 0.15) is 0 Å². The number of hydrogen-bond acceptors (Lipinski definition) is 5. The Morgan fingerprint density at radius 2 is 2.00 bits per heavy atom. The van der Waals surface area contributed by atoms with Gasteiger partial charge in [0.05, 0.1) is 4.92 Å². The molecule has 0 saturated carbocycles. The third-order valence-electron chi connectivity index (χ3n) is 1.89. The SMILES string of the molecule is Cc1cc(OC(F)F)c([N+](=O)[O-])c(S(N)(=O)=O)c1. The van der Waals surface area contributed by atoms with E-state index in [0.29, 0.717) is 0 Å². The highest BCUT2D eigenvalue weighted by atomic mass is 32.2. The quantitative estimate of drug-likeness (QED) is 0.657. The van der Waals surface area contributed by atoms with Crippen molar-refractivity contribution in [3.05, 3.63) is 27.8 Å². The van der Waals surface area contributed by atoms with Crippen LogP contribution in [0, 0.1) is 17.0 Å². The van der Waals surface area contributed by atoms with Crippen LogP contribution in [0.2, 0.25) is 0 Å². The highest BCUT2D eigenvalue weighted by Crippen LogP contribution is 2.35. The summed E-state index contributed by atoms with van der Waals surface area (Å²) in [6.07, 6.45) is 0. The summed E-state index contributed by atoms with van der Waals surface area (Å²) in [4.78, 5) is 8.73. The molecule has 0 fully saturated rings. The summed E-state index contributed by atoms with van der Waals surface area (Å²) in [7, 11) is -4.43. The smallest absolute Gasteiger partial charge is 0.387 e. The second kappa shape index (κ2) is 4.82. The van der Waals surface area contributed by atoms with Crippen LogP contribution in [0.3, 0.4) is 0 Å². The van der Waals surface area contributed by atoms with E-state index in [0.717, 1.165) is 12.1 Å². The van der Waals surface area contributed by atoms with Crippen LogP contribution in [0.4, 0.5) is 14.5 Å². The fourth-order valence-electron chi connectivity index (χ4n) is 1.30. The van der Waals surface area contributed by atoms with E-state index in [1.807, 2.05) is 0 Å². The molecular formula is C8H8F2N2O5S. The molecule has 0 heterocycles. The van der Waals surface area contributed by atoms with Gasteiger partial charge in [0.2, 0.25) is 15.8 Å². The van der Waals surface area contributed by atoms with Crippen molar-refractivity contribution in [2.45, 2.75) is 18.4 Å². The number of rotatable bonds is 4. The summed E-state index contributed by atoms with van der Waals surface area (Å²) in [5.41, 5.74) is -0.927. The van der Waals surface area contributed by atoms with Gasteiger partial charge in [0.15, 0.2) is 4.90 Å². The highest BCUT2D eigenvalue weighted by Gasteiger charge is 2.30. The van der Waals surface area contributed by atoms with Gasteiger partial charge in [-0.3, -0.25) is 10.1 Å². The van der Waals surface area contributed by atoms with Gasteiger partial charge in [-0.15, -0.1) is 0 Å². The highest BCUT2D eigenvalue weighted by molar-refractivity contribution is 7.89. The molecule has 0 bridgehead atoms. The normalized spacial score (nSPS) is 11.6. The molecule has 0 aliphatic heterocycles. The number of sulfonamides is 1. The molecule has 10 heteroatoms. The van der Waals surface area contributed by atoms with E-state index in [4.69, 9.17) is 5.14 Å². The molecule has 2 N–H and O–H groups in total. The minimum atomic E-state index is -4.43. The molecule has 0 aliphatic rings. The molecule has 1 aromatic rings. The molecular weight excluding hydrogens is 274 g/mol. The number of halogens is 2. The molecule has 0 amide bonds. The minimum Gasteiger partial charge on any atom is -0.427 e. The number of hydrogen-bond donors (Lipinski definition) is 1. The molecule has 18 heavy (non-hydrogen) atoms. The van der Waals surface area contributed by atoms with Crippen molar-refractivity contribution < 1.29 is 26.9 Å². The molecule has 0 radical (unpaired) electrons. The average Bonchev–Trinajstić information content (AvgIpc) is 2.13. The van der Waals surface area contributed by atoms with Gasteiger partial charge in [-0.25, -0.2) is 13.6 Å². The zero-order valence-corrected chi connectivity index (χ0v) is 9.78. The molecule has 1 aromatic carbocycles. The Morgan fingerprint density at radius 3 is 2.39 bits per heavy atom. The number of nitrogens with zero attached hydrogens (tertiary/aromatic N) is 1. The molecule has 1 rings (SSSR count). The number of benzene rings is 1. The van der Waals surface area contributed by atoms with Gasteiger partial charge in [-0.2, -0.15) is 8.78 Å². The first-order chi connectivity index (χ1) is 8.12. The molecule has 0 spiro atoms. The summed E-state index contributed by atoms with van der Waals surface area (Å²) in [5, 5.41) is 15.5. The van der Waals surface area contributed by atoms with E-state index in [2.05, 4.69) is 4.74 Å². The number of aryl methyl sites for hydroxylation is 1. The van der Waals surface area contributed by atoms with Crippen molar-refractivity contribution in [2.24, 2.45) is 5.14 Å². The largest absolute Gasteiger partial charge is 0.427 e. The topological polar surface area (TPSA) is 113 Å². The summed E-state index contributed by atoms with van der Waals surface area (Å²) in [6, 6.07) is 1.84. The van der Waals surface area contributed by atoms with Crippen molar-refractivity contribution in [3.63, 3.8) is 0 Å². The maximum atomic E-state index is 12.1. The lowest BCUT2D eigenvalue weighted by atomic mass is 10.2. The van der Waals surface area contributed by atoms with Gasteiger partial charge in [-0.05, 0) is 24.6 Å². The van der Waals surface area contributed by atoms with E-state index in [1.165, 1.54) is 6.92 Å². The van der Waals surface area contributed by atoms with Crippen molar-refractivity contribution >= 4 is 15.7 Å². The predicted octanol–water partition coefficient (Wildman–Crippen LogP) is 1.15. The Morgan fingerprint density at radius 1 is 1.44 bits per heavy atom. The minimum absolute atomic E-state index is 0.181. The number of nitrogens with two attached hydrogens (primary N) is 1. The van der Waals surface area contributed by atoms with Crippen LogP contribution in [0.1, 0.15) is 5.56 Å². The fourth-order valence-corrected chi connectivity index (χ4v) is 2.09. The molecule has 0 saturated heterocycles. The Balaban J connectivity index is 3.62. The Bertz CT molecular complexity index is 587. The number of primary sulfonamides is 1. The van der Waals surface area contributed by atoms with E-state index in [9.17, 15) is 27.3 Å². The lowest BCUT2D eigenvalue weighted by Crippen LogP contribution is -2.16. The van der Waals surface area contributed by atoms with Crippen molar-refractivity contribution in [1.29, 1.82) is 0 Å². The van der Waals surface area contributed by atoms with Gasteiger partial charge >= 0.3 is 12.3 Å².